The van der Waals surface area contributed by atoms with Crippen molar-refractivity contribution in [2.45, 2.75) is 57.1 Å². The fourth-order valence-corrected chi connectivity index (χ4v) is 7.11. The normalized spacial score (nSPS) is 15.2. The van der Waals surface area contributed by atoms with Crippen molar-refractivity contribution in [2.75, 3.05) is 10.6 Å². The number of nitrogens with one attached hydrogen (secondary N) is 2. The van der Waals surface area contributed by atoms with Crippen molar-refractivity contribution in [3.63, 3.8) is 0 Å². The summed E-state index contributed by atoms with van der Waals surface area (Å²) in [7, 11) is 0. The summed E-state index contributed by atoms with van der Waals surface area (Å²) in [5.41, 5.74) is 1.29. The average molecular weight is 606 g/mol. The predicted molar refractivity (Wildman–Crippen MR) is 163 cm³/mol. The Balaban J connectivity index is 1.44. The summed E-state index contributed by atoms with van der Waals surface area (Å²) in [5.74, 6) is -3.17. The molecule has 0 aliphatic heterocycles. The molecule has 0 saturated carbocycles. The zero-order chi connectivity index (χ0) is 30.8. The Morgan fingerprint density at radius 2 is 1.79 bits per heavy atom. The third kappa shape index (κ3) is 6.83. The third-order valence-electron chi connectivity index (χ3n) is 7.35. The molecular weight excluding hydrogens is 574 g/mol. The molecule has 0 radical (unpaired) electrons. The van der Waals surface area contributed by atoms with Crippen molar-refractivity contribution in [1.29, 1.82) is 5.26 Å². The molecule has 0 spiro atoms. The summed E-state index contributed by atoms with van der Waals surface area (Å²) >= 11 is 2.76. The van der Waals surface area contributed by atoms with Crippen LogP contribution in [0.4, 0.5) is 10.7 Å². The number of carbonyl (C=O) groups is 4. The van der Waals surface area contributed by atoms with Gasteiger partial charge in [-0.05, 0) is 79.5 Å². The highest BCUT2D eigenvalue weighted by Crippen LogP contribution is 2.44. The van der Waals surface area contributed by atoms with Crippen molar-refractivity contribution in [3.05, 3.63) is 75.2 Å². The fourth-order valence-electron chi connectivity index (χ4n) is 4.90. The smallest absolute Gasteiger partial charge is 0.336 e. The molecule has 1 heterocycles. The maximum Gasteiger partial charge on any atom is 0.336 e. The second-order valence-corrected chi connectivity index (χ2v) is 13.7. The molecule has 0 fully saturated rings. The van der Waals surface area contributed by atoms with E-state index in [9.17, 15) is 29.5 Å². The van der Waals surface area contributed by atoms with Gasteiger partial charge in [0.05, 0.1) is 27.5 Å². The van der Waals surface area contributed by atoms with E-state index in [1.807, 2.05) is 0 Å². The van der Waals surface area contributed by atoms with Crippen LogP contribution >= 0.6 is 23.1 Å². The Hall–Kier alpha value is -4.14. The van der Waals surface area contributed by atoms with Gasteiger partial charge in [0.1, 0.15) is 11.1 Å². The molecule has 2 atom stereocenters. The molecule has 0 bridgehead atoms. The third-order valence-corrected chi connectivity index (χ3v) is 9.62. The highest BCUT2D eigenvalue weighted by atomic mass is 32.2. The standard InChI is InChI=1S/C31H31N3O6S2/c1-16(26(35)34-28-24(15-32)21-11-9-18(31(2,3)4)13-25(21)42-28)41-20-7-5-6-19(14-20)33-27(36)22-10-8-17(29(37)38)12-23(22)30(39)40/h5-8,10,12,14,16,18H,9,11,13H2,1-4H3,(H,33,36)(H,34,35)(H,37,38)(H,39,40). The summed E-state index contributed by atoms with van der Waals surface area (Å²) in [6, 6.07) is 12.3. The van der Waals surface area contributed by atoms with Crippen LogP contribution in [0.15, 0.2) is 47.4 Å². The molecule has 4 N–H and O–H groups in total. The molecule has 218 valence electrons. The van der Waals surface area contributed by atoms with Gasteiger partial charge in [-0.1, -0.05) is 26.8 Å². The van der Waals surface area contributed by atoms with E-state index in [2.05, 4.69) is 37.5 Å². The Morgan fingerprint density at radius 3 is 2.43 bits per heavy atom. The zero-order valence-electron chi connectivity index (χ0n) is 23.6. The first-order valence-electron chi connectivity index (χ1n) is 13.3. The van der Waals surface area contributed by atoms with E-state index in [-0.39, 0.29) is 22.4 Å². The minimum absolute atomic E-state index is 0.167. The molecule has 4 rings (SSSR count). The number of nitriles is 1. The summed E-state index contributed by atoms with van der Waals surface area (Å²) in [6.07, 6.45) is 2.74. The maximum atomic E-state index is 13.1. The maximum absolute atomic E-state index is 13.1. The molecule has 11 heteroatoms. The average Bonchev–Trinajstić information content (AvgIpc) is 3.28. The van der Waals surface area contributed by atoms with Crippen molar-refractivity contribution in [3.8, 4) is 6.07 Å². The highest BCUT2D eigenvalue weighted by molar-refractivity contribution is 8.00. The lowest BCUT2D eigenvalue weighted by atomic mass is 9.72. The van der Waals surface area contributed by atoms with Gasteiger partial charge in [0.25, 0.3) is 5.91 Å². The SMILES string of the molecule is CC(Sc1cccc(NC(=O)c2ccc(C(=O)O)cc2C(=O)O)c1)C(=O)Nc1sc2c(c1C#N)CCC(C(C)(C)C)C2. The lowest BCUT2D eigenvalue weighted by molar-refractivity contribution is -0.115. The van der Waals surface area contributed by atoms with E-state index >= 15 is 0 Å². The molecule has 1 aliphatic rings. The minimum atomic E-state index is -1.42. The van der Waals surface area contributed by atoms with Gasteiger partial charge in [-0.3, -0.25) is 9.59 Å². The monoisotopic (exact) mass is 605 g/mol. The second kappa shape index (κ2) is 12.4. The van der Waals surface area contributed by atoms with Crippen molar-refractivity contribution < 1.29 is 29.4 Å². The van der Waals surface area contributed by atoms with Crippen LogP contribution in [0.5, 0.6) is 0 Å². The van der Waals surface area contributed by atoms with Gasteiger partial charge in [-0.2, -0.15) is 5.26 Å². The van der Waals surface area contributed by atoms with Crippen LogP contribution in [0, 0.1) is 22.7 Å². The van der Waals surface area contributed by atoms with Crippen LogP contribution in [0.25, 0.3) is 0 Å². The summed E-state index contributed by atoms with van der Waals surface area (Å²) in [5, 5.41) is 34.1. The van der Waals surface area contributed by atoms with Crippen LogP contribution in [-0.2, 0) is 17.6 Å². The van der Waals surface area contributed by atoms with Gasteiger partial charge in [0.2, 0.25) is 5.91 Å². The molecule has 42 heavy (non-hydrogen) atoms. The predicted octanol–water partition coefficient (Wildman–Crippen LogP) is 6.54. The molecule has 1 aliphatic carbocycles. The van der Waals surface area contributed by atoms with E-state index in [4.69, 9.17) is 5.11 Å². The number of nitrogens with zero attached hydrogens (tertiary/aromatic N) is 1. The first-order chi connectivity index (χ1) is 19.8. The number of thioether (sulfide) groups is 1. The quantitative estimate of drug-likeness (QED) is 0.211. The van der Waals surface area contributed by atoms with Crippen LogP contribution in [0.2, 0.25) is 0 Å². The number of carboxylic acid groups (broad SMARTS) is 2. The number of carboxylic acids is 2. The number of rotatable bonds is 8. The largest absolute Gasteiger partial charge is 0.478 e. The highest BCUT2D eigenvalue weighted by Gasteiger charge is 2.32. The Labute approximate surface area is 252 Å². The zero-order valence-corrected chi connectivity index (χ0v) is 25.2. The summed E-state index contributed by atoms with van der Waals surface area (Å²) < 4.78 is 0. The lowest BCUT2D eigenvalue weighted by Crippen LogP contribution is -2.26. The summed E-state index contributed by atoms with van der Waals surface area (Å²) in [6.45, 7) is 8.45. The Morgan fingerprint density at radius 1 is 1.05 bits per heavy atom. The molecule has 2 unspecified atom stereocenters. The number of anilines is 2. The van der Waals surface area contributed by atoms with E-state index in [0.717, 1.165) is 37.0 Å². The van der Waals surface area contributed by atoms with E-state index in [1.165, 1.54) is 34.0 Å². The molecule has 0 saturated heterocycles. The van der Waals surface area contributed by atoms with Crippen molar-refractivity contribution in [1.82, 2.24) is 0 Å². The number of hydrogen-bond acceptors (Lipinski definition) is 7. The number of benzene rings is 2. The second-order valence-electron chi connectivity index (χ2n) is 11.2. The van der Waals surface area contributed by atoms with Gasteiger partial charge in [-0.15, -0.1) is 23.1 Å². The van der Waals surface area contributed by atoms with Crippen LogP contribution < -0.4 is 10.6 Å². The molecular formula is C31H31N3O6S2. The Bertz CT molecular complexity index is 1620. The molecule has 9 nitrogen and oxygen atoms in total. The van der Waals surface area contributed by atoms with Gasteiger partial charge in [0, 0.05) is 15.5 Å². The van der Waals surface area contributed by atoms with Crippen LogP contribution in [0.1, 0.15) is 81.2 Å². The van der Waals surface area contributed by atoms with Gasteiger partial charge in [0.15, 0.2) is 0 Å². The van der Waals surface area contributed by atoms with Crippen LogP contribution in [-0.4, -0.2) is 39.2 Å². The fraction of sp³-hybridized carbons (Fsp3) is 0.323. The number of amides is 2. The topological polar surface area (TPSA) is 157 Å². The van der Waals surface area contributed by atoms with Crippen molar-refractivity contribution in [2.24, 2.45) is 11.3 Å². The minimum Gasteiger partial charge on any atom is -0.478 e. The first kappa shape index (κ1) is 30.8. The molecule has 2 amide bonds. The van der Waals surface area contributed by atoms with Gasteiger partial charge in [-0.25, -0.2) is 9.59 Å². The number of carbonyl (C=O) groups excluding carboxylic acids is 2. The number of aromatic carboxylic acids is 2. The Kier molecular flexibility index (Phi) is 9.09. The number of hydrogen-bond donors (Lipinski definition) is 4. The van der Waals surface area contributed by atoms with Gasteiger partial charge >= 0.3 is 11.9 Å². The molecule has 1 aromatic heterocycles. The molecule has 3 aromatic rings. The molecule has 2 aromatic carbocycles. The lowest BCUT2D eigenvalue weighted by Gasteiger charge is -2.33. The summed E-state index contributed by atoms with van der Waals surface area (Å²) in [4.78, 5) is 50.7. The van der Waals surface area contributed by atoms with E-state index < -0.39 is 28.7 Å². The van der Waals surface area contributed by atoms with Crippen molar-refractivity contribution >= 4 is 57.5 Å². The number of fused-ring (bicyclic) bond motifs is 1. The van der Waals surface area contributed by atoms with Gasteiger partial charge < -0.3 is 20.8 Å². The van der Waals surface area contributed by atoms with E-state index in [1.54, 1.807) is 31.2 Å². The number of thiophene rings is 1. The first-order valence-corrected chi connectivity index (χ1v) is 15.0. The van der Waals surface area contributed by atoms with Crippen LogP contribution in [0.3, 0.4) is 0 Å². The van der Waals surface area contributed by atoms with E-state index in [0.29, 0.717) is 27.1 Å².